The van der Waals surface area contributed by atoms with Crippen LogP contribution in [0.2, 0.25) is 0 Å². The van der Waals surface area contributed by atoms with Gasteiger partial charge in [0.2, 0.25) is 0 Å². The lowest BCUT2D eigenvalue weighted by atomic mass is 9.78. The van der Waals surface area contributed by atoms with E-state index >= 15 is 0 Å². The first-order chi connectivity index (χ1) is 13.7. The van der Waals surface area contributed by atoms with E-state index in [1.54, 1.807) is 34.6 Å². The Bertz CT molecular complexity index is 702. The molecule has 29 heavy (non-hydrogen) atoms. The number of nitrogens with zero attached hydrogens (tertiary/aromatic N) is 1. The van der Waals surface area contributed by atoms with Crippen LogP contribution in [0.5, 0.6) is 0 Å². The van der Waals surface area contributed by atoms with Crippen molar-refractivity contribution in [1.29, 1.82) is 0 Å². The van der Waals surface area contributed by atoms with Gasteiger partial charge in [0.05, 0.1) is 37.5 Å². The molecule has 1 amide bonds. The average molecular weight is 409 g/mol. The molecule has 1 atom stereocenters. The fourth-order valence-electron chi connectivity index (χ4n) is 3.38. The van der Waals surface area contributed by atoms with Crippen LogP contribution in [0.25, 0.3) is 0 Å². The molecule has 1 saturated heterocycles. The minimum absolute atomic E-state index is 0.151. The third-order valence-corrected chi connectivity index (χ3v) is 4.51. The average Bonchev–Trinajstić information content (AvgIpc) is 2.60. The largest absolute Gasteiger partial charge is 0.463 e. The van der Waals surface area contributed by atoms with Crippen LogP contribution >= 0.6 is 0 Å². The molecular formula is C21H31NO7. The van der Waals surface area contributed by atoms with Gasteiger partial charge in [-0.05, 0) is 59.5 Å². The quantitative estimate of drug-likeness (QED) is 0.400. The van der Waals surface area contributed by atoms with Crippen molar-refractivity contribution in [2.45, 2.75) is 59.5 Å². The maximum atomic E-state index is 12.7. The maximum absolute atomic E-state index is 12.7. The highest BCUT2D eigenvalue weighted by Crippen LogP contribution is 2.37. The minimum Gasteiger partial charge on any atom is -0.463 e. The van der Waals surface area contributed by atoms with Crippen molar-refractivity contribution in [2.75, 3.05) is 26.4 Å². The smallest absolute Gasteiger partial charge is 0.434 e. The Morgan fingerprint density at radius 1 is 1.14 bits per heavy atom. The second-order valence-electron chi connectivity index (χ2n) is 7.86. The highest BCUT2D eigenvalue weighted by Gasteiger charge is 2.37. The number of hydrogen-bond donors (Lipinski definition) is 0. The summed E-state index contributed by atoms with van der Waals surface area (Å²) in [4.78, 5) is 43.3. The molecule has 0 spiro atoms. The van der Waals surface area contributed by atoms with E-state index < -0.39 is 23.6 Å². The predicted molar refractivity (Wildman–Crippen MR) is 105 cm³/mol. The SMILES string of the molecule is CCOC(=O)C1=C(C(=O)OCC)C2CCCON(C(=O)OC(C)(C)C)CC2=CC1. The topological polar surface area (TPSA) is 91.4 Å². The Kier molecular flexibility index (Phi) is 7.84. The van der Waals surface area contributed by atoms with Crippen molar-refractivity contribution in [2.24, 2.45) is 5.92 Å². The summed E-state index contributed by atoms with van der Waals surface area (Å²) in [5.74, 6) is -1.36. The Labute approximate surface area is 171 Å². The van der Waals surface area contributed by atoms with Crippen LogP contribution in [0.3, 0.4) is 0 Å². The molecule has 0 aromatic carbocycles. The summed E-state index contributed by atoms with van der Waals surface area (Å²) in [5, 5.41) is 1.18. The zero-order chi connectivity index (χ0) is 21.6. The van der Waals surface area contributed by atoms with E-state index in [4.69, 9.17) is 19.0 Å². The highest BCUT2D eigenvalue weighted by atomic mass is 16.7. The normalized spacial score (nSPS) is 20.1. The summed E-state index contributed by atoms with van der Waals surface area (Å²) in [6, 6.07) is 0. The van der Waals surface area contributed by atoms with Gasteiger partial charge in [-0.15, -0.1) is 0 Å². The highest BCUT2D eigenvalue weighted by molar-refractivity contribution is 6.02. The Hall–Kier alpha value is -2.35. The first kappa shape index (κ1) is 22.9. The molecule has 0 bridgehead atoms. The molecule has 0 aromatic rings. The number of ether oxygens (including phenoxy) is 3. The van der Waals surface area contributed by atoms with Gasteiger partial charge in [0, 0.05) is 5.92 Å². The third kappa shape index (κ3) is 6.06. The van der Waals surface area contributed by atoms with Crippen molar-refractivity contribution < 1.29 is 33.4 Å². The fraction of sp³-hybridized carbons (Fsp3) is 0.667. The molecule has 1 aliphatic heterocycles. The summed E-state index contributed by atoms with van der Waals surface area (Å²) < 4.78 is 15.8. The van der Waals surface area contributed by atoms with Crippen molar-refractivity contribution >= 4 is 18.0 Å². The molecule has 0 radical (unpaired) electrons. The first-order valence-corrected chi connectivity index (χ1v) is 10.1. The van der Waals surface area contributed by atoms with Gasteiger partial charge in [-0.25, -0.2) is 14.4 Å². The molecule has 0 aromatic heterocycles. The number of allylic oxidation sites excluding steroid dienone is 1. The lowest BCUT2D eigenvalue weighted by Crippen LogP contribution is -2.41. The number of esters is 2. The molecular weight excluding hydrogens is 378 g/mol. The van der Waals surface area contributed by atoms with Gasteiger partial charge in [-0.1, -0.05) is 6.08 Å². The standard InChI is InChI=1S/C21H31NO7/c1-6-26-18(23)16-11-10-14-13-22(20(25)29-21(3,4)5)28-12-8-9-15(14)17(16)19(24)27-7-2/h10,15H,6-9,11-13H2,1-5H3. The van der Waals surface area contributed by atoms with Gasteiger partial charge in [0.1, 0.15) is 5.60 Å². The number of carbonyl (C=O) groups is 3. The van der Waals surface area contributed by atoms with Crippen LogP contribution in [-0.2, 0) is 28.6 Å². The monoisotopic (exact) mass is 409 g/mol. The van der Waals surface area contributed by atoms with Gasteiger partial charge in [0.15, 0.2) is 0 Å². The van der Waals surface area contributed by atoms with Crippen LogP contribution in [0.15, 0.2) is 22.8 Å². The molecule has 1 aliphatic carbocycles. The summed E-state index contributed by atoms with van der Waals surface area (Å²) in [5.41, 5.74) is 0.820. The lowest BCUT2D eigenvalue weighted by Gasteiger charge is -2.34. The molecule has 0 saturated carbocycles. The number of amides is 1. The molecule has 1 fully saturated rings. The van der Waals surface area contributed by atoms with Gasteiger partial charge < -0.3 is 14.2 Å². The van der Waals surface area contributed by atoms with E-state index in [2.05, 4.69) is 0 Å². The Morgan fingerprint density at radius 2 is 1.79 bits per heavy atom. The van der Waals surface area contributed by atoms with E-state index in [1.807, 2.05) is 6.08 Å². The number of fused-ring (bicyclic) bond motifs is 1. The zero-order valence-corrected chi connectivity index (χ0v) is 17.9. The number of carbonyl (C=O) groups excluding carboxylic acids is 3. The summed E-state index contributed by atoms with van der Waals surface area (Å²) in [6.07, 6.45) is 2.72. The van der Waals surface area contributed by atoms with Crippen LogP contribution in [0.4, 0.5) is 4.79 Å². The molecule has 2 rings (SSSR count). The molecule has 8 nitrogen and oxygen atoms in total. The predicted octanol–water partition coefficient (Wildman–Crippen LogP) is 3.32. The molecule has 1 unspecified atom stereocenters. The van der Waals surface area contributed by atoms with E-state index in [9.17, 15) is 14.4 Å². The van der Waals surface area contributed by atoms with Crippen LogP contribution < -0.4 is 0 Å². The minimum atomic E-state index is -0.657. The molecule has 8 heteroatoms. The third-order valence-electron chi connectivity index (χ3n) is 4.51. The second-order valence-corrected chi connectivity index (χ2v) is 7.86. The van der Waals surface area contributed by atoms with Gasteiger partial charge >= 0.3 is 18.0 Å². The number of hydrogen-bond acceptors (Lipinski definition) is 7. The van der Waals surface area contributed by atoms with Gasteiger partial charge in [-0.3, -0.25) is 4.84 Å². The second kappa shape index (κ2) is 9.91. The lowest BCUT2D eigenvalue weighted by molar-refractivity contribution is -0.148. The number of hydroxylamine groups is 2. The van der Waals surface area contributed by atoms with Crippen molar-refractivity contribution in [3.05, 3.63) is 22.8 Å². The van der Waals surface area contributed by atoms with Gasteiger partial charge in [-0.2, -0.15) is 5.06 Å². The van der Waals surface area contributed by atoms with Crippen molar-refractivity contribution in [1.82, 2.24) is 5.06 Å². The van der Waals surface area contributed by atoms with Gasteiger partial charge in [0.25, 0.3) is 0 Å². The van der Waals surface area contributed by atoms with Crippen molar-refractivity contribution in [3.8, 4) is 0 Å². The van der Waals surface area contributed by atoms with E-state index in [1.165, 1.54) is 5.06 Å². The molecule has 1 heterocycles. The zero-order valence-electron chi connectivity index (χ0n) is 17.9. The van der Waals surface area contributed by atoms with E-state index in [-0.39, 0.29) is 32.1 Å². The summed E-state index contributed by atoms with van der Waals surface area (Å²) >= 11 is 0. The van der Waals surface area contributed by atoms with Crippen LogP contribution in [-0.4, -0.2) is 55.1 Å². The van der Waals surface area contributed by atoms with Crippen LogP contribution in [0.1, 0.15) is 53.9 Å². The fourth-order valence-corrected chi connectivity index (χ4v) is 3.38. The molecule has 162 valence electrons. The Balaban J connectivity index is 2.33. The maximum Gasteiger partial charge on any atom is 0.434 e. The van der Waals surface area contributed by atoms with E-state index in [0.29, 0.717) is 30.6 Å². The summed E-state index contributed by atoms with van der Waals surface area (Å²) in [6.45, 7) is 9.67. The number of rotatable bonds is 4. The summed E-state index contributed by atoms with van der Waals surface area (Å²) in [7, 11) is 0. The van der Waals surface area contributed by atoms with Crippen LogP contribution in [0, 0.1) is 5.92 Å². The molecule has 2 aliphatic rings. The Morgan fingerprint density at radius 3 is 2.41 bits per heavy atom. The van der Waals surface area contributed by atoms with E-state index in [0.717, 1.165) is 5.57 Å². The first-order valence-electron chi connectivity index (χ1n) is 10.1. The molecule has 0 N–H and O–H groups in total. The van der Waals surface area contributed by atoms with Crippen molar-refractivity contribution in [3.63, 3.8) is 0 Å².